The number of carbonyl (C=O) groups is 5. The number of piperidine rings is 1. The number of rotatable bonds is 17. The van der Waals surface area contributed by atoms with Gasteiger partial charge < -0.3 is 34.5 Å². The molecule has 2 aliphatic rings. The molecule has 8 rings (SSSR count). The number of imide groups is 1. The number of pyridine rings is 1. The average Bonchev–Trinajstić information content (AvgIpc) is 3.58. The summed E-state index contributed by atoms with van der Waals surface area (Å²) in [6.45, 7) is 4.05. The van der Waals surface area contributed by atoms with E-state index < -0.39 is 47.1 Å². The Kier molecular flexibility index (Phi) is 13.8. The van der Waals surface area contributed by atoms with Crippen molar-refractivity contribution in [3.8, 4) is 23.1 Å². The van der Waals surface area contributed by atoms with Crippen LogP contribution >= 0.6 is 0 Å². The van der Waals surface area contributed by atoms with Gasteiger partial charge in [-0.05, 0) is 74.6 Å². The zero-order valence-electron chi connectivity index (χ0n) is 37.9. The molecule has 352 valence electrons. The first-order valence-corrected chi connectivity index (χ1v) is 22.4. The van der Waals surface area contributed by atoms with Gasteiger partial charge in [0.2, 0.25) is 29.0 Å². The number of hydrogen-bond acceptors (Lipinski definition) is 12. The summed E-state index contributed by atoms with van der Waals surface area (Å²) in [5, 5.41) is 19.4. The minimum absolute atomic E-state index is 0.0313. The molecule has 2 atom stereocenters. The van der Waals surface area contributed by atoms with Crippen molar-refractivity contribution in [1.82, 2.24) is 24.8 Å². The van der Waals surface area contributed by atoms with Crippen LogP contribution in [0, 0.1) is 12.7 Å². The van der Waals surface area contributed by atoms with Gasteiger partial charge in [-0.3, -0.25) is 39.0 Å². The van der Waals surface area contributed by atoms with Gasteiger partial charge in [0.15, 0.2) is 29.3 Å². The van der Waals surface area contributed by atoms with Crippen LogP contribution in [0.5, 0.6) is 23.1 Å². The van der Waals surface area contributed by atoms with Crippen LogP contribution in [0.4, 0.5) is 15.8 Å². The second-order valence-electron chi connectivity index (χ2n) is 16.7. The van der Waals surface area contributed by atoms with E-state index in [1.807, 2.05) is 19.1 Å². The van der Waals surface area contributed by atoms with E-state index in [0.29, 0.717) is 58.4 Å². The number of aromatic nitrogens is 3. The van der Waals surface area contributed by atoms with Crippen LogP contribution < -0.4 is 35.6 Å². The molecule has 5 amide bonds. The van der Waals surface area contributed by atoms with Crippen LogP contribution in [0.2, 0.25) is 0 Å². The minimum Gasteiger partial charge on any atom is -0.493 e. The Bertz CT molecular complexity index is 3070. The lowest BCUT2D eigenvalue weighted by Crippen LogP contribution is -2.53. The molecule has 0 bridgehead atoms. The molecule has 6 aromatic rings. The van der Waals surface area contributed by atoms with Crippen LogP contribution in [-0.2, 0) is 27.9 Å². The van der Waals surface area contributed by atoms with Gasteiger partial charge in [0.1, 0.15) is 17.9 Å². The Labute approximate surface area is 389 Å². The summed E-state index contributed by atoms with van der Waals surface area (Å²) in [5.74, 6) is -2.69. The Balaban J connectivity index is 0.814. The first kappa shape index (κ1) is 46.8. The molecular weight excluding hydrogens is 878 g/mol. The molecule has 2 aromatic heterocycles. The fourth-order valence-electron chi connectivity index (χ4n) is 8.64. The van der Waals surface area contributed by atoms with E-state index in [9.17, 15) is 33.9 Å². The van der Waals surface area contributed by atoms with Crippen molar-refractivity contribution in [2.24, 2.45) is 7.05 Å². The number of fused-ring (bicyclic) bond motifs is 3. The largest absolute Gasteiger partial charge is 0.493 e. The van der Waals surface area contributed by atoms with Crippen molar-refractivity contribution >= 4 is 62.7 Å². The third-order valence-corrected chi connectivity index (χ3v) is 12.4. The van der Waals surface area contributed by atoms with Crippen molar-refractivity contribution in [2.75, 3.05) is 24.4 Å². The smallest absolute Gasteiger partial charge is 0.261 e. The molecule has 0 aliphatic carbocycles. The van der Waals surface area contributed by atoms with Crippen LogP contribution in [0.1, 0.15) is 102 Å². The number of hydrogen-bond donors (Lipinski definition) is 4. The SMILES string of the molecule is CCc1ccc2c(c1)c(=O)c(C(=O)Nc1ccc(Oc3ncnc4cc(OCCCCCCCC(=O)Nc5cccc6c5C(=O)N(C5CCC(=O)NC5=O)C6O)c(OC)cc34)c(F)c1)c(C)n2C. The highest BCUT2D eigenvalue weighted by molar-refractivity contribution is 6.10. The van der Waals surface area contributed by atoms with Gasteiger partial charge >= 0.3 is 0 Å². The highest BCUT2D eigenvalue weighted by Crippen LogP contribution is 2.40. The molecule has 17 nitrogen and oxygen atoms in total. The van der Waals surface area contributed by atoms with Gasteiger partial charge in [-0.25, -0.2) is 14.4 Å². The van der Waals surface area contributed by atoms with Crippen LogP contribution in [0.3, 0.4) is 0 Å². The monoisotopic (exact) mass is 927 g/mol. The lowest BCUT2D eigenvalue weighted by atomic mass is 10.0. The maximum atomic E-state index is 15.6. The molecular formula is C50H50FN7O10. The van der Waals surface area contributed by atoms with E-state index in [2.05, 4.69) is 25.9 Å². The van der Waals surface area contributed by atoms with E-state index in [1.165, 1.54) is 25.6 Å². The molecule has 0 saturated carbocycles. The predicted octanol–water partition coefficient (Wildman–Crippen LogP) is 7.15. The molecule has 68 heavy (non-hydrogen) atoms. The molecule has 2 aliphatic heterocycles. The van der Waals surface area contributed by atoms with Gasteiger partial charge in [0, 0.05) is 54.4 Å². The Morgan fingerprint density at radius 1 is 0.912 bits per heavy atom. The number of aliphatic hydroxyl groups excluding tert-OH is 1. The number of nitrogens with one attached hydrogen (secondary N) is 3. The lowest BCUT2D eigenvalue weighted by molar-refractivity contribution is -0.139. The summed E-state index contributed by atoms with van der Waals surface area (Å²) in [6.07, 6.45) is 4.71. The zero-order chi connectivity index (χ0) is 48.2. The first-order valence-electron chi connectivity index (χ1n) is 22.4. The van der Waals surface area contributed by atoms with Crippen molar-refractivity contribution in [2.45, 2.75) is 83.9 Å². The lowest BCUT2D eigenvalue weighted by Gasteiger charge is -2.31. The Morgan fingerprint density at radius 3 is 2.47 bits per heavy atom. The van der Waals surface area contributed by atoms with Gasteiger partial charge in [0.25, 0.3) is 11.8 Å². The number of unbranched alkanes of at least 4 members (excludes halogenated alkanes) is 4. The highest BCUT2D eigenvalue weighted by atomic mass is 19.1. The number of nitrogens with zero attached hydrogens (tertiary/aromatic N) is 4. The second-order valence-corrected chi connectivity index (χ2v) is 16.7. The molecule has 0 radical (unpaired) electrons. The third-order valence-electron chi connectivity index (χ3n) is 12.4. The molecule has 1 saturated heterocycles. The summed E-state index contributed by atoms with van der Waals surface area (Å²) in [5.41, 5.74) is 2.95. The number of aliphatic hydroxyl groups is 1. The molecule has 1 fully saturated rings. The molecule has 0 spiro atoms. The van der Waals surface area contributed by atoms with E-state index in [1.54, 1.807) is 54.9 Å². The summed E-state index contributed by atoms with van der Waals surface area (Å²) < 4.78 is 34.9. The summed E-state index contributed by atoms with van der Waals surface area (Å²) in [6, 6.07) is 16.6. The Hall–Kier alpha value is -7.73. The van der Waals surface area contributed by atoms with E-state index in [4.69, 9.17) is 14.2 Å². The zero-order valence-corrected chi connectivity index (χ0v) is 37.9. The fourth-order valence-corrected chi connectivity index (χ4v) is 8.64. The number of ether oxygens (including phenoxy) is 3. The van der Waals surface area contributed by atoms with Crippen LogP contribution in [0.25, 0.3) is 21.8 Å². The second kappa shape index (κ2) is 20.0. The number of anilines is 2. The van der Waals surface area contributed by atoms with Crippen molar-refractivity contribution in [1.29, 1.82) is 0 Å². The number of carbonyl (C=O) groups excluding carboxylic acids is 5. The van der Waals surface area contributed by atoms with Crippen LogP contribution in [-0.4, -0.2) is 73.8 Å². The fraction of sp³-hybridized carbons (Fsp3) is 0.320. The number of halogens is 1. The Morgan fingerprint density at radius 2 is 1.71 bits per heavy atom. The maximum absolute atomic E-state index is 15.6. The maximum Gasteiger partial charge on any atom is 0.261 e. The molecule has 18 heteroatoms. The van der Waals surface area contributed by atoms with Crippen molar-refractivity contribution in [3.05, 3.63) is 117 Å². The first-order chi connectivity index (χ1) is 32.8. The summed E-state index contributed by atoms with van der Waals surface area (Å²) in [7, 11) is 3.27. The van der Waals surface area contributed by atoms with E-state index >= 15 is 4.39 Å². The number of aryl methyl sites for hydroxylation is 2. The highest BCUT2D eigenvalue weighted by Gasteiger charge is 2.45. The predicted molar refractivity (Wildman–Crippen MR) is 249 cm³/mol. The van der Waals surface area contributed by atoms with Gasteiger partial charge in [-0.2, -0.15) is 0 Å². The quantitative estimate of drug-likeness (QED) is 0.0529. The van der Waals surface area contributed by atoms with E-state index in [-0.39, 0.29) is 64.9 Å². The van der Waals surface area contributed by atoms with Gasteiger partial charge in [-0.15, -0.1) is 0 Å². The van der Waals surface area contributed by atoms with Gasteiger partial charge in [-0.1, -0.05) is 44.4 Å². The molecule has 4 aromatic carbocycles. The van der Waals surface area contributed by atoms with Crippen molar-refractivity contribution < 1.29 is 47.7 Å². The van der Waals surface area contributed by atoms with Gasteiger partial charge in [0.05, 0.1) is 41.4 Å². The molecule has 4 heterocycles. The summed E-state index contributed by atoms with van der Waals surface area (Å²) in [4.78, 5) is 87.0. The van der Waals surface area contributed by atoms with Crippen molar-refractivity contribution in [3.63, 3.8) is 0 Å². The standard InChI is InChI=1S/C50H50FN7O10/c1-5-28-15-17-36-32(22-28)45(61)43(27(2)57(36)3)47(63)54-29-16-19-38(33(51)23-29)68-48-31-24-39(66-4)40(25-35(31)52-26-53-48)67-21-10-8-6-7-9-14-41(59)55-34-13-11-12-30-44(34)50(65)58(49(30)64)37-18-20-42(60)56-46(37)62/h11-13,15-17,19,22-26,37,49,64H,5-10,14,18,20-21H2,1-4H3,(H,54,63)(H,55,59)(H,56,60,62). The minimum atomic E-state index is -1.39. The topological polar surface area (TPSA) is 220 Å². The molecule has 2 unspecified atom stereocenters. The summed E-state index contributed by atoms with van der Waals surface area (Å²) >= 11 is 0. The normalized spacial score (nSPS) is 15.6. The third kappa shape index (κ3) is 9.44. The number of amides is 5. The van der Waals surface area contributed by atoms with Crippen LogP contribution in [0.15, 0.2) is 77.9 Å². The number of methoxy groups -OCH3 is 1. The average molecular weight is 928 g/mol. The molecule has 4 N–H and O–H groups in total. The van der Waals surface area contributed by atoms with E-state index in [0.717, 1.165) is 42.2 Å². The number of benzene rings is 4.